The Morgan fingerprint density at radius 1 is 1.17 bits per heavy atom. The number of hydrogen-bond donors (Lipinski definition) is 1. The van der Waals surface area contributed by atoms with Gasteiger partial charge in [0.2, 0.25) is 0 Å². The number of morpholine rings is 1. The van der Waals surface area contributed by atoms with Gasteiger partial charge in [-0.1, -0.05) is 24.3 Å². The number of likely N-dealkylation sites (tertiary alicyclic amines) is 1. The van der Waals surface area contributed by atoms with Crippen LogP contribution in [0.15, 0.2) is 48.5 Å². The Hall–Kier alpha value is -2.44. The molecule has 6 heteroatoms. The van der Waals surface area contributed by atoms with Crippen molar-refractivity contribution < 1.29 is 9.53 Å². The highest BCUT2D eigenvalue weighted by atomic mass is 16.5. The van der Waals surface area contributed by atoms with Crippen molar-refractivity contribution >= 4 is 11.7 Å². The molecule has 4 rings (SSSR count). The third-order valence-corrected chi connectivity index (χ3v) is 6.00. The van der Waals surface area contributed by atoms with E-state index in [-0.39, 0.29) is 17.6 Å². The van der Waals surface area contributed by atoms with Gasteiger partial charge in [-0.2, -0.15) is 0 Å². The highest BCUT2D eigenvalue weighted by molar-refractivity contribution is 5.94. The number of aromatic nitrogens is 1. The molecule has 2 aliphatic rings. The van der Waals surface area contributed by atoms with Gasteiger partial charge < -0.3 is 20.3 Å². The molecule has 0 bridgehead atoms. The summed E-state index contributed by atoms with van der Waals surface area (Å²) in [5.74, 6) is 0.683. The first-order chi connectivity index (χ1) is 14.0. The van der Waals surface area contributed by atoms with Crippen molar-refractivity contribution in [2.24, 2.45) is 0 Å². The van der Waals surface area contributed by atoms with E-state index in [0.29, 0.717) is 18.9 Å². The van der Waals surface area contributed by atoms with Crippen molar-refractivity contribution in [3.05, 3.63) is 59.8 Å². The summed E-state index contributed by atoms with van der Waals surface area (Å²) < 4.78 is 6.41. The molecule has 2 N–H and O–H groups in total. The SMILES string of the molecule is CC1CN(C(=O)c2ccccc2)CC2(CCN(CCc3cccc(N)n3)CC2)O1. The number of nitrogen functional groups attached to an aromatic ring is 1. The Bertz CT molecular complexity index is 834. The Balaban J connectivity index is 1.34. The zero-order valence-corrected chi connectivity index (χ0v) is 17.1. The summed E-state index contributed by atoms with van der Waals surface area (Å²) in [5, 5.41) is 0. The molecule has 2 fully saturated rings. The van der Waals surface area contributed by atoms with Crippen LogP contribution < -0.4 is 5.73 Å². The summed E-state index contributed by atoms with van der Waals surface area (Å²) in [7, 11) is 0. The lowest BCUT2D eigenvalue weighted by molar-refractivity contribution is -0.161. The summed E-state index contributed by atoms with van der Waals surface area (Å²) in [5.41, 5.74) is 7.34. The Morgan fingerprint density at radius 2 is 1.93 bits per heavy atom. The molecule has 1 amide bonds. The molecular weight excluding hydrogens is 364 g/mol. The number of benzene rings is 1. The molecule has 1 aromatic carbocycles. The minimum Gasteiger partial charge on any atom is -0.384 e. The number of nitrogens with two attached hydrogens (primary N) is 1. The lowest BCUT2D eigenvalue weighted by atomic mass is 9.88. The van der Waals surface area contributed by atoms with Crippen LogP contribution in [0.4, 0.5) is 5.82 Å². The Labute approximate surface area is 172 Å². The van der Waals surface area contributed by atoms with Crippen LogP contribution in [-0.2, 0) is 11.2 Å². The van der Waals surface area contributed by atoms with E-state index in [1.165, 1.54) is 0 Å². The lowest BCUT2D eigenvalue weighted by Gasteiger charge is -2.49. The van der Waals surface area contributed by atoms with E-state index in [4.69, 9.17) is 10.5 Å². The zero-order chi connectivity index (χ0) is 20.3. The molecule has 2 aromatic rings. The van der Waals surface area contributed by atoms with Gasteiger partial charge in [-0.3, -0.25) is 4.79 Å². The number of nitrogens with zero attached hydrogens (tertiary/aromatic N) is 3. The Morgan fingerprint density at radius 3 is 2.66 bits per heavy atom. The molecular formula is C23H30N4O2. The zero-order valence-electron chi connectivity index (χ0n) is 17.1. The van der Waals surface area contributed by atoms with Crippen LogP contribution in [-0.4, -0.2) is 65.1 Å². The number of carbonyl (C=O) groups excluding carboxylic acids is 1. The quantitative estimate of drug-likeness (QED) is 0.863. The fourth-order valence-corrected chi connectivity index (χ4v) is 4.51. The molecule has 1 aromatic heterocycles. The molecule has 3 heterocycles. The third kappa shape index (κ3) is 4.77. The van der Waals surface area contributed by atoms with Crippen LogP contribution >= 0.6 is 0 Å². The molecule has 0 saturated carbocycles. The number of carbonyl (C=O) groups is 1. The fourth-order valence-electron chi connectivity index (χ4n) is 4.51. The van der Waals surface area contributed by atoms with E-state index in [0.717, 1.165) is 50.2 Å². The van der Waals surface area contributed by atoms with Gasteiger partial charge in [0, 0.05) is 43.9 Å². The summed E-state index contributed by atoms with van der Waals surface area (Å²) >= 11 is 0. The van der Waals surface area contributed by atoms with E-state index in [1.807, 2.05) is 53.4 Å². The maximum absolute atomic E-state index is 13.0. The normalized spacial score (nSPS) is 22.0. The van der Waals surface area contributed by atoms with E-state index in [2.05, 4.69) is 16.8 Å². The van der Waals surface area contributed by atoms with Crippen molar-refractivity contribution in [2.75, 3.05) is 38.5 Å². The topological polar surface area (TPSA) is 71.7 Å². The molecule has 6 nitrogen and oxygen atoms in total. The highest BCUT2D eigenvalue weighted by Crippen LogP contribution is 2.33. The number of anilines is 1. The van der Waals surface area contributed by atoms with Crippen molar-refractivity contribution in [1.29, 1.82) is 0 Å². The molecule has 0 aliphatic carbocycles. The maximum Gasteiger partial charge on any atom is 0.254 e. The highest BCUT2D eigenvalue weighted by Gasteiger charge is 2.43. The van der Waals surface area contributed by atoms with Crippen LogP contribution in [0.2, 0.25) is 0 Å². The van der Waals surface area contributed by atoms with Gasteiger partial charge in [-0.05, 0) is 44.0 Å². The standard InChI is InChI=1S/C23H30N4O2/c1-18-16-27(22(28)19-6-3-2-4-7-19)17-23(29-18)11-14-26(15-12-23)13-10-20-8-5-9-21(24)25-20/h2-9,18H,10-17H2,1H3,(H2,24,25). The first-order valence-electron chi connectivity index (χ1n) is 10.5. The predicted octanol–water partition coefficient (Wildman–Crippen LogP) is 2.60. The van der Waals surface area contributed by atoms with Gasteiger partial charge in [0.15, 0.2) is 0 Å². The van der Waals surface area contributed by atoms with Gasteiger partial charge in [0.05, 0.1) is 18.2 Å². The van der Waals surface area contributed by atoms with Gasteiger partial charge in [-0.15, -0.1) is 0 Å². The maximum atomic E-state index is 13.0. The number of pyridine rings is 1. The van der Waals surface area contributed by atoms with Crippen LogP contribution in [0.1, 0.15) is 35.8 Å². The van der Waals surface area contributed by atoms with E-state index in [1.54, 1.807) is 0 Å². The molecule has 1 unspecified atom stereocenters. The lowest BCUT2D eigenvalue weighted by Crippen LogP contribution is -2.60. The summed E-state index contributed by atoms with van der Waals surface area (Å²) in [6.07, 6.45) is 2.84. The molecule has 154 valence electrons. The number of rotatable bonds is 4. The smallest absolute Gasteiger partial charge is 0.254 e. The van der Waals surface area contributed by atoms with Crippen molar-refractivity contribution in [3.63, 3.8) is 0 Å². The molecule has 2 saturated heterocycles. The van der Waals surface area contributed by atoms with Crippen LogP contribution in [0.3, 0.4) is 0 Å². The van der Waals surface area contributed by atoms with Gasteiger partial charge >= 0.3 is 0 Å². The largest absolute Gasteiger partial charge is 0.384 e. The minimum atomic E-state index is -0.228. The van der Waals surface area contributed by atoms with Crippen molar-refractivity contribution in [1.82, 2.24) is 14.8 Å². The first kappa shape index (κ1) is 19.9. The number of amides is 1. The van der Waals surface area contributed by atoms with Crippen molar-refractivity contribution in [2.45, 2.75) is 37.9 Å². The van der Waals surface area contributed by atoms with Gasteiger partial charge in [-0.25, -0.2) is 4.98 Å². The van der Waals surface area contributed by atoms with E-state index >= 15 is 0 Å². The number of hydrogen-bond acceptors (Lipinski definition) is 5. The number of ether oxygens (including phenoxy) is 1. The predicted molar refractivity (Wildman–Crippen MR) is 114 cm³/mol. The number of piperidine rings is 1. The molecule has 0 radical (unpaired) electrons. The van der Waals surface area contributed by atoms with E-state index < -0.39 is 0 Å². The van der Waals surface area contributed by atoms with Crippen LogP contribution in [0.25, 0.3) is 0 Å². The second-order valence-corrected chi connectivity index (χ2v) is 8.31. The molecule has 29 heavy (non-hydrogen) atoms. The second-order valence-electron chi connectivity index (χ2n) is 8.31. The monoisotopic (exact) mass is 394 g/mol. The third-order valence-electron chi connectivity index (χ3n) is 6.00. The summed E-state index contributed by atoms with van der Waals surface area (Å²) in [6, 6.07) is 15.4. The summed E-state index contributed by atoms with van der Waals surface area (Å²) in [4.78, 5) is 21.8. The molecule has 1 spiro atoms. The van der Waals surface area contributed by atoms with E-state index in [9.17, 15) is 4.79 Å². The second kappa shape index (κ2) is 8.51. The Kier molecular flexibility index (Phi) is 5.83. The first-order valence-corrected chi connectivity index (χ1v) is 10.5. The summed E-state index contributed by atoms with van der Waals surface area (Å²) in [6.45, 7) is 6.32. The average molecular weight is 395 g/mol. The van der Waals surface area contributed by atoms with Gasteiger partial charge in [0.25, 0.3) is 5.91 Å². The fraction of sp³-hybridized carbons (Fsp3) is 0.478. The van der Waals surface area contributed by atoms with Crippen LogP contribution in [0.5, 0.6) is 0 Å². The van der Waals surface area contributed by atoms with Crippen molar-refractivity contribution in [3.8, 4) is 0 Å². The van der Waals surface area contributed by atoms with Gasteiger partial charge in [0.1, 0.15) is 5.82 Å². The average Bonchev–Trinajstić information content (AvgIpc) is 2.73. The minimum absolute atomic E-state index is 0.0551. The van der Waals surface area contributed by atoms with Crippen LogP contribution in [0, 0.1) is 0 Å². The molecule has 1 atom stereocenters. The molecule has 2 aliphatic heterocycles.